The lowest BCUT2D eigenvalue weighted by Gasteiger charge is -2.32. The van der Waals surface area contributed by atoms with E-state index in [1.54, 1.807) is 27.5 Å². The first kappa shape index (κ1) is 16.3. The largest absolute Gasteiger partial charge is 0.343 e. The van der Waals surface area contributed by atoms with Crippen LogP contribution in [0.15, 0.2) is 6.07 Å². The Morgan fingerprint density at radius 3 is 2.50 bits per heavy atom. The van der Waals surface area contributed by atoms with Crippen LogP contribution in [0, 0.1) is 5.92 Å². The molecule has 24 heavy (non-hydrogen) atoms. The summed E-state index contributed by atoms with van der Waals surface area (Å²) in [5, 5.41) is 9.37. The molecule has 130 valence electrons. The average Bonchev–Trinajstić information content (AvgIpc) is 3.14. The number of hydrogen-bond acceptors (Lipinski definition) is 4. The number of amides is 4. The number of fused-ring (bicyclic) bond motifs is 1. The smallest absolute Gasteiger partial charge is 0.320 e. The molecule has 0 aliphatic carbocycles. The van der Waals surface area contributed by atoms with E-state index in [-0.39, 0.29) is 23.8 Å². The van der Waals surface area contributed by atoms with Crippen LogP contribution in [0.3, 0.4) is 0 Å². The quantitative estimate of drug-likeness (QED) is 0.809. The highest BCUT2D eigenvalue weighted by atomic mass is 16.2. The van der Waals surface area contributed by atoms with Gasteiger partial charge in [-0.05, 0) is 12.8 Å². The number of rotatable bonds is 2. The molecule has 2 N–H and O–H groups in total. The van der Waals surface area contributed by atoms with Crippen LogP contribution in [-0.4, -0.2) is 59.2 Å². The molecule has 0 bridgehead atoms. The van der Waals surface area contributed by atoms with E-state index in [2.05, 4.69) is 15.7 Å². The molecule has 2 aliphatic heterocycles. The molecule has 1 fully saturated rings. The maximum atomic E-state index is 12.8. The highest BCUT2D eigenvalue weighted by Crippen LogP contribution is 2.29. The van der Waals surface area contributed by atoms with E-state index >= 15 is 0 Å². The zero-order valence-corrected chi connectivity index (χ0v) is 13.9. The monoisotopic (exact) mass is 334 g/mol. The number of carbonyl (C=O) groups excluding carboxylic acids is 3. The predicted octanol–water partition coefficient (Wildman–Crippen LogP) is 0.240. The number of nitrogens with one attached hydrogen (secondary N) is 2. The van der Waals surface area contributed by atoms with Crippen LogP contribution in [-0.2, 0) is 16.1 Å². The average molecular weight is 334 g/mol. The molecule has 1 saturated heterocycles. The summed E-state index contributed by atoms with van der Waals surface area (Å²) in [5.74, 6) is 1.19. The van der Waals surface area contributed by atoms with E-state index in [1.807, 2.05) is 0 Å². The summed E-state index contributed by atoms with van der Waals surface area (Å²) < 4.78 is 1.73. The SMILES string of the molecule is CNC(=O)Nc1cc2n(n1)CCN2C(=O)C1CCN(C(C)=O)CC1. The Bertz CT molecular complexity index is 662. The minimum atomic E-state index is -0.346. The molecule has 2 aliphatic rings. The molecule has 9 heteroatoms. The van der Waals surface area contributed by atoms with Crippen molar-refractivity contribution in [3.8, 4) is 0 Å². The van der Waals surface area contributed by atoms with Gasteiger partial charge < -0.3 is 10.2 Å². The molecule has 1 aromatic rings. The Balaban J connectivity index is 1.66. The van der Waals surface area contributed by atoms with Crippen molar-refractivity contribution in [2.45, 2.75) is 26.3 Å². The molecule has 3 rings (SSSR count). The van der Waals surface area contributed by atoms with E-state index in [0.717, 1.165) is 0 Å². The number of likely N-dealkylation sites (tertiary alicyclic amines) is 1. The lowest BCUT2D eigenvalue weighted by atomic mass is 9.95. The van der Waals surface area contributed by atoms with E-state index in [0.29, 0.717) is 50.7 Å². The lowest BCUT2D eigenvalue weighted by molar-refractivity contribution is -0.133. The summed E-state index contributed by atoms with van der Waals surface area (Å²) >= 11 is 0. The molecule has 0 saturated carbocycles. The molecule has 0 unspecified atom stereocenters. The van der Waals surface area contributed by atoms with Gasteiger partial charge in [0.1, 0.15) is 5.82 Å². The van der Waals surface area contributed by atoms with Crippen LogP contribution in [0.5, 0.6) is 0 Å². The maximum Gasteiger partial charge on any atom is 0.320 e. The minimum absolute atomic E-state index is 0.0602. The van der Waals surface area contributed by atoms with Crippen LogP contribution in [0.1, 0.15) is 19.8 Å². The Morgan fingerprint density at radius 2 is 1.88 bits per heavy atom. The van der Waals surface area contributed by atoms with Crippen LogP contribution >= 0.6 is 0 Å². The number of nitrogens with zero attached hydrogens (tertiary/aromatic N) is 4. The molecule has 0 aromatic carbocycles. The molecule has 0 atom stereocenters. The number of piperidine rings is 1. The van der Waals surface area contributed by atoms with Gasteiger partial charge in [0, 0.05) is 45.6 Å². The topological polar surface area (TPSA) is 99.6 Å². The summed E-state index contributed by atoms with van der Waals surface area (Å²) in [6.45, 7) is 4.02. The van der Waals surface area contributed by atoms with Gasteiger partial charge in [-0.3, -0.25) is 19.8 Å². The fourth-order valence-corrected chi connectivity index (χ4v) is 3.22. The van der Waals surface area contributed by atoms with Gasteiger partial charge in [0.05, 0.1) is 6.54 Å². The van der Waals surface area contributed by atoms with E-state index in [4.69, 9.17) is 0 Å². The van der Waals surface area contributed by atoms with E-state index in [1.165, 1.54) is 7.05 Å². The van der Waals surface area contributed by atoms with Gasteiger partial charge in [-0.2, -0.15) is 5.10 Å². The summed E-state index contributed by atoms with van der Waals surface area (Å²) in [6.07, 6.45) is 1.37. The molecule has 0 radical (unpaired) electrons. The molecule has 1 aromatic heterocycles. The highest BCUT2D eigenvalue weighted by molar-refractivity contribution is 5.96. The minimum Gasteiger partial charge on any atom is -0.343 e. The van der Waals surface area contributed by atoms with Crippen molar-refractivity contribution in [3.63, 3.8) is 0 Å². The number of carbonyl (C=O) groups is 3. The zero-order chi connectivity index (χ0) is 17.3. The van der Waals surface area contributed by atoms with Crippen molar-refractivity contribution in [3.05, 3.63) is 6.07 Å². The van der Waals surface area contributed by atoms with Gasteiger partial charge >= 0.3 is 6.03 Å². The molecular weight excluding hydrogens is 312 g/mol. The van der Waals surface area contributed by atoms with Crippen molar-refractivity contribution < 1.29 is 14.4 Å². The number of hydrogen-bond donors (Lipinski definition) is 2. The lowest BCUT2D eigenvalue weighted by Crippen LogP contribution is -2.43. The molecule has 4 amide bonds. The summed E-state index contributed by atoms with van der Waals surface area (Å²) in [6, 6.07) is 1.37. The van der Waals surface area contributed by atoms with Crippen LogP contribution in [0.4, 0.5) is 16.4 Å². The van der Waals surface area contributed by atoms with Crippen LogP contribution < -0.4 is 15.5 Å². The Kier molecular flexibility index (Phi) is 4.41. The standard InChI is InChI=1S/C15H22N6O3/c1-10(22)19-5-3-11(4-6-19)14(23)20-7-8-21-13(20)9-12(18-21)17-15(24)16-2/h9,11H,3-8H2,1-2H3,(H2,16,17,18,24). The first-order valence-electron chi connectivity index (χ1n) is 8.13. The van der Waals surface area contributed by atoms with E-state index in [9.17, 15) is 14.4 Å². The molecule has 3 heterocycles. The van der Waals surface area contributed by atoms with Crippen LogP contribution in [0.2, 0.25) is 0 Å². The second kappa shape index (κ2) is 6.50. The molecule has 9 nitrogen and oxygen atoms in total. The van der Waals surface area contributed by atoms with Gasteiger partial charge in [0.25, 0.3) is 0 Å². The fraction of sp³-hybridized carbons (Fsp3) is 0.600. The number of anilines is 2. The summed E-state index contributed by atoms with van der Waals surface area (Å²) in [7, 11) is 1.53. The second-order valence-electron chi connectivity index (χ2n) is 6.09. The van der Waals surface area contributed by atoms with Gasteiger partial charge in [0.2, 0.25) is 11.8 Å². The summed E-state index contributed by atoms with van der Waals surface area (Å²) in [4.78, 5) is 39.1. The Labute approximate surface area is 140 Å². The van der Waals surface area contributed by atoms with Crippen molar-refractivity contribution in [1.82, 2.24) is 20.0 Å². The third-order valence-corrected chi connectivity index (χ3v) is 4.59. The van der Waals surface area contributed by atoms with E-state index < -0.39 is 0 Å². The highest BCUT2D eigenvalue weighted by Gasteiger charge is 2.34. The fourth-order valence-electron chi connectivity index (χ4n) is 3.22. The van der Waals surface area contributed by atoms with Gasteiger partial charge in [-0.25, -0.2) is 9.48 Å². The maximum absolute atomic E-state index is 12.8. The van der Waals surface area contributed by atoms with Gasteiger partial charge in [-0.15, -0.1) is 0 Å². The van der Waals surface area contributed by atoms with Gasteiger partial charge in [0.15, 0.2) is 5.82 Å². The summed E-state index contributed by atoms with van der Waals surface area (Å²) in [5.41, 5.74) is 0. The first-order valence-corrected chi connectivity index (χ1v) is 8.13. The third-order valence-electron chi connectivity index (χ3n) is 4.59. The first-order chi connectivity index (χ1) is 11.5. The predicted molar refractivity (Wildman–Crippen MR) is 87.6 cm³/mol. The number of aromatic nitrogens is 2. The van der Waals surface area contributed by atoms with Gasteiger partial charge in [-0.1, -0.05) is 0 Å². The molecule has 0 spiro atoms. The Hall–Kier alpha value is -2.58. The Morgan fingerprint density at radius 1 is 1.17 bits per heavy atom. The number of urea groups is 1. The van der Waals surface area contributed by atoms with Crippen molar-refractivity contribution in [1.29, 1.82) is 0 Å². The molecular formula is C15H22N6O3. The van der Waals surface area contributed by atoms with Crippen molar-refractivity contribution >= 4 is 29.5 Å². The second-order valence-corrected chi connectivity index (χ2v) is 6.09. The van der Waals surface area contributed by atoms with Crippen molar-refractivity contribution in [2.24, 2.45) is 5.92 Å². The van der Waals surface area contributed by atoms with Crippen LogP contribution in [0.25, 0.3) is 0 Å². The van der Waals surface area contributed by atoms with Crippen molar-refractivity contribution in [2.75, 3.05) is 36.9 Å². The normalized spacial score (nSPS) is 17.6. The third kappa shape index (κ3) is 3.06. The zero-order valence-electron chi connectivity index (χ0n) is 13.9.